The molecule has 5 heteroatoms. The van der Waals surface area contributed by atoms with Crippen LogP contribution in [0.15, 0.2) is 24.5 Å². The highest BCUT2D eigenvalue weighted by molar-refractivity contribution is 6.01. The summed E-state index contributed by atoms with van der Waals surface area (Å²) >= 11 is 0. The summed E-state index contributed by atoms with van der Waals surface area (Å²) < 4.78 is 1.94. The maximum atomic E-state index is 11.5. The third-order valence-electron chi connectivity index (χ3n) is 4.18. The fourth-order valence-corrected chi connectivity index (χ4v) is 3.23. The van der Waals surface area contributed by atoms with Crippen molar-refractivity contribution in [3.8, 4) is 0 Å². The monoisotopic (exact) mass is 273 g/mol. The number of hydrogen-bond donors (Lipinski definition) is 1. The lowest BCUT2D eigenvalue weighted by atomic mass is 10.00. The Morgan fingerprint density at radius 1 is 1.30 bits per heavy atom. The number of imidazole rings is 1. The minimum absolute atomic E-state index is 0.310. The zero-order valence-electron chi connectivity index (χ0n) is 11.8. The molecule has 2 heterocycles. The van der Waals surface area contributed by atoms with Crippen molar-refractivity contribution < 1.29 is 9.90 Å². The lowest BCUT2D eigenvalue weighted by molar-refractivity contribution is 0.0698. The molecule has 1 aliphatic rings. The third-order valence-corrected chi connectivity index (χ3v) is 4.18. The van der Waals surface area contributed by atoms with Crippen molar-refractivity contribution in [3.05, 3.63) is 30.1 Å². The van der Waals surface area contributed by atoms with Gasteiger partial charge >= 0.3 is 5.97 Å². The second kappa shape index (κ2) is 4.81. The number of hydrogen-bond acceptors (Lipinski definition) is 3. The molecule has 5 nitrogen and oxygen atoms in total. The van der Waals surface area contributed by atoms with Crippen LogP contribution in [0.25, 0.3) is 11.0 Å². The van der Waals surface area contributed by atoms with Gasteiger partial charge in [0.15, 0.2) is 0 Å². The summed E-state index contributed by atoms with van der Waals surface area (Å²) in [7, 11) is 0. The molecule has 0 aliphatic carbocycles. The summed E-state index contributed by atoms with van der Waals surface area (Å²) in [4.78, 5) is 15.8. The minimum atomic E-state index is -0.908. The Morgan fingerprint density at radius 2 is 2.00 bits per heavy atom. The van der Waals surface area contributed by atoms with Crippen molar-refractivity contribution in [3.63, 3.8) is 0 Å². The highest BCUT2D eigenvalue weighted by Crippen LogP contribution is 2.25. The number of carbonyl (C=O) groups is 1. The number of para-hydroxylation sites is 1. The number of carboxylic acids is 1. The van der Waals surface area contributed by atoms with Crippen molar-refractivity contribution >= 4 is 17.0 Å². The van der Waals surface area contributed by atoms with Crippen molar-refractivity contribution in [2.45, 2.75) is 45.2 Å². The smallest absolute Gasteiger partial charge is 0.337 e. The fraction of sp³-hybridized carbons (Fsp3) is 0.467. The first kappa shape index (κ1) is 13.0. The first-order valence-electron chi connectivity index (χ1n) is 7.07. The van der Waals surface area contributed by atoms with E-state index in [4.69, 9.17) is 0 Å². The van der Waals surface area contributed by atoms with Gasteiger partial charge in [-0.3, -0.25) is 0 Å². The summed E-state index contributed by atoms with van der Waals surface area (Å²) in [6.07, 6.45) is 5.21. The Morgan fingerprint density at radius 3 is 2.65 bits per heavy atom. The van der Waals surface area contributed by atoms with Crippen molar-refractivity contribution in [1.82, 2.24) is 9.66 Å². The van der Waals surface area contributed by atoms with Gasteiger partial charge in [-0.2, -0.15) is 0 Å². The molecular formula is C15H19N3O2. The average Bonchev–Trinajstić information content (AvgIpc) is 2.82. The van der Waals surface area contributed by atoms with Gasteiger partial charge in [0.25, 0.3) is 0 Å². The Balaban J connectivity index is 2.18. The topological polar surface area (TPSA) is 58.4 Å². The molecule has 0 saturated carbocycles. The van der Waals surface area contributed by atoms with Gasteiger partial charge in [0.1, 0.15) is 11.8 Å². The molecule has 0 bridgehead atoms. The highest BCUT2D eigenvalue weighted by Gasteiger charge is 2.27. The van der Waals surface area contributed by atoms with E-state index < -0.39 is 5.97 Å². The third kappa shape index (κ3) is 1.94. The lowest BCUT2D eigenvalue weighted by Gasteiger charge is -2.41. The molecule has 0 radical (unpaired) electrons. The lowest BCUT2D eigenvalue weighted by Crippen LogP contribution is -2.50. The summed E-state index contributed by atoms with van der Waals surface area (Å²) in [6, 6.07) is 6.02. The van der Waals surface area contributed by atoms with Gasteiger partial charge < -0.3 is 10.1 Å². The summed E-state index contributed by atoms with van der Waals surface area (Å²) in [5, 5.41) is 11.7. The maximum Gasteiger partial charge on any atom is 0.337 e. The SMILES string of the molecule is CC1CCCC(C)N1n1cnc2cccc(C(=O)O)c21. The van der Waals surface area contributed by atoms with E-state index in [1.54, 1.807) is 18.5 Å². The van der Waals surface area contributed by atoms with Crippen LogP contribution in [0, 0.1) is 0 Å². The van der Waals surface area contributed by atoms with Crippen LogP contribution >= 0.6 is 0 Å². The van der Waals surface area contributed by atoms with Crippen molar-refractivity contribution in [2.24, 2.45) is 0 Å². The quantitative estimate of drug-likeness (QED) is 0.913. The van der Waals surface area contributed by atoms with E-state index in [0.29, 0.717) is 23.2 Å². The molecular weight excluding hydrogens is 254 g/mol. The second-order valence-electron chi connectivity index (χ2n) is 5.58. The molecule has 1 aliphatic heterocycles. The largest absolute Gasteiger partial charge is 0.478 e. The standard InChI is InChI=1S/C15H19N3O2/c1-10-5-3-6-11(2)18(10)17-9-16-13-8-4-7-12(14(13)17)15(19)20/h4,7-11H,3,5-6H2,1-2H3,(H,19,20). The van der Waals surface area contributed by atoms with Crippen LogP contribution < -0.4 is 5.01 Å². The second-order valence-corrected chi connectivity index (χ2v) is 5.58. The number of piperidine rings is 1. The molecule has 1 saturated heterocycles. The van der Waals surface area contributed by atoms with Gasteiger partial charge in [0, 0.05) is 12.1 Å². The molecule has 2 atom stereocenters. The summed E-state index contributed by atoms with van der Waals surface area (Å²) in [5.41, 5.74) is 1.74. The number of rotatable bonds is 2. The molecule has 1 aromatic heterocycles. The van der Waals surface area contributed by atoms with Crippen molar-refractivity contribution in [2.75, 3.05) is 5.01 Å². The van der Waals surface area contributed by atoms with E-state index >= 15 is 0 Å². The van der Waals surface area contributed by atoms with Crippen LogP contribution in [0.2, 0.25) is 0 Å². The van der Waals surface area contributed by atoms with Crippen LogP contribution in [-0.4, -0.2) is 32.8 Å². The first-order chi connectivity index (χ1) is 9.59. The van der Waals surface area contributed by atoms with Crippen LogP contribution in [0.1, 0.15) is 43.5 Å². The molecule has 20 heavy (non-hydrogen) atoms. The molecule has 3 rings (SSSR count). The number of fused-ring (bicyclic) bond motifs is 1. The van der Waals surface area contributed by atoms with Gasteiger partial charge in [-0.25, -0.2) is 14.5 Å². The van der Waals surface area contributed by atoms with E-state index in [0.717, 1.165) is 18.4 Å². The molecule has 2 unspecified atom stereocenters. The Labute approximate surface area is 117 Å². The minimum Gasteiger partial charge on any atom is -0.478 e. The van der Waals surface area contributed by atoms with E-state index in [2.05, 4.69) is 23.8 Å². The highest BCUT2D eigenvalue weighted by atomic mass is 16.4. The normalized spacial score (nSPS) is 23.2. The zero-order chi connectivity index (χ0) is 14.3. The predicted octanol–water partition coefficient (Wildman–Crippen LogP) is 2.63. The van der Waals surface area contributed by atoms with Gasteiger partial charge in [0.05, 0.1) is 11.1 Å². The number of benzene rings is 1. The average molecular weight is 273 g/mol. The van der Waals surface area contributed by atoms with E-state index in [1.165, 1.54) is 6.42 Å². The number of aromatic carboxylic acids is 1. The van der Waals surface area contributed by atoms with Gasteiger partial charge in [-0.1, -0.05) is 6.07 Å². The molecule has 0 spiro atoms. The van der Waals surface area contributed by atoms with Crippen molar-refractivity contribution in [1.29, 1.82) is 0 Å². The number of aromatic nitrogens is 2. The summed E-state index contributed by atoms with van der Waals surface area (Å²) in [5.74, 6) is -0.908. The van der Waals surface area contributed by atoms with Crippen LogP contribution in [0.5, 0.6) is 0 Å². The van der Waals surface area contributed by atoms with Crippen LogP contribution in [-0.2, 0) is 0 Å². The Bertz CT molecular complexity index is 640. The van der Waals surface area contributed by atoms with Gasteiger partial charge in [-0.05, 0) is 45.2 Å². The summed E-state index contributed by atoms with van der Waals surface area (Å²) in [6.45, 7) is 4.37. The number of carboxylic acid groups (broad SMARTS) is 1. The molecule has 1 fully saturated rings. The Kier molecular flexibility index (Phi) is 3.12. The number of nitrogens with zero attached hydrogens (tertiary/aromatic N) is 3. The molecule has 1 N–H and O–H groups in total. The van der Waals surface area contributed by atoms with Gasteiger partial charge in [-0.15, -0.1) is 0 Å². The zero-order valence-corrected chi connectivity index (χ0v) is 11.8. The first-order valence-corrected chi connectivity index (χ1v) is 7.07. The molecule has 106 valence electrons. The molecule has 2 aromatic rings. The van der Waals surface area contributed by atoms with Crippen LogP contribution in [0.3, 0.4) is 0 Å². The molecule has 1 aromatic carbocycles. The molecule has 0 amide bonds. The maximum absolute atomic E-state index is 11.5. The fourth-order valence-electron chi connectivity index (χ4n) is 3.23. The van der Waals surface area contributed by atoms with Crippen LogP contribution in [0.4, 0.5) is 0 Å². The van der Waals surface area contributed by atoms with E-state index in [1.807, 2.05) is 10.7 Å². The van der Waals surface area contributed by atoms with E-state index in [-0.39, 0.29) is 0 Å². The Hall–Kier alpha value is -2.04. The predicted molar refractivity (Wildman–Crippen MR) is 77.7 cm³/mol. The van der Waals surface area contributed by atoms with E-state index in [9.17, 15) is 9.90 Å². The van der Waals surface area contributed by atoms with Gasteiger partial charge in [0.2, 0.25) is 0 Å².